The molecule has 2 N–H and O–H groups in total. The maximum atomic E-state index is 11.3. The zero-order valence-electron chi connectivity index (χ0n) is 8.73. The third-order valence-electron chi connectivity index (χ3n) is 2.00. The van der Waals surface area contributed by atoms with Crippen LogP contribution in [0.5, 0.6) is 5.75 Å². The molecule has 0 saturated heterocycles. The molecule has 0 aliphatic carbocycles. The molecule has 16 heavy (non-hydrogen) atoms. The molecule has 0 aromatic heterocycles. The molecule has 0 aliphatic rings. The Morgan fingerprint density at radius 3 is 2.44 bits per heavy atom. The molecule has 0 radical (unpaired) electrons. The highest BCUT2D eigenvalue weighted by molar-refractivity contribution is 6.62. The van der Waals surface area contributed by atoms with Crippen molar-refractivity contribution in [1.29, 1.82) is 0 Å². The third-order valence-corrected chi connectivity index (χ3v) is 2.33. The van der Waals surface area contributed by atoms with Crippen molar-refractivity contribution in [1.82, 2.24) is 0 Å². The molecule has 0 unspecified atom stereocenters. The fourth-order valence-electron chi connectivity index (χ4n) is 1.21. The Bertz CT molecular complexity index is 407. The summed E-state index contributed by atoms with van der Waals surface area (Å²) in [4.78, 5) is 11.3. The second kappa shape index (κ2) is 5.20. The Hall–Kier alpha value is -1.24. The molecule has 0 aliphatic heterocycles. The van der Waals surface area contributed by atoms with Crippen molar-refractivity contribution in [3.05, 3.63) is 22.7 Å². The average molecular weight is 244 g/mol. The molecule has 0 heterocycles. The van der Waals surface area contributed by atoms with Crippen LogP contribution in [0.25, 0.3) is 0 Å². The summed E-state index contributed by atoms with van der Waals surface area (Å²) in [5.41, 5.74) is 0.186. The standard InChI is InChI=1S/C9H10BClO5/c1-15-8-4-6(10(13)14)7(11)3-5(8)9(12)16-2/h3-4,13-14H,1-2H3. The fourth-order valence-corrected chi connectivity index (χ4v) is 1.47. The lowest BCUT2D eigenvalue weighted by atomic mass is 9.79. The predicted molar refractivity (Wildman–Crippen MR) is 59.2 cm³/mol. The van der Waals surface area contributed by atoms with Gasteiger partial charge in [0.25, 0.3) is 0 Å². The van der Waals surface area contributed by atoms with E-state index in [9.17, 15) is 4.79 Å². The van der Waals surface area contributed by atoms with Gasteiger partial charge in [-0.1, -0.05) is 11.6 Å². The number of hydrogen-bond donors (Lipinski definition) is 2. The number of halogens is 1. The Labute approximate surface area is 97.7 Å². The van der Waals surface area contributed by atoms with Gasteiger partial charge < -0.3 is 19.5 Å². The Morgan fingerprint density at radius 1 is 1.38 bits per heavy atom. The maximum Gasteiger partial charge on any atom is 0.490 e. The van der Waals surface area contributed by atoms with Gasteiger partial charge in [-0.05, 0) is 12.1 Å². The first-order chi connectivity index (χ1) is 7.51. The monoisotopic (exact) mass is 244 g/mol. The largest absolute Gasteiger partial charge is 0.496 e. The lowest BCUT2D eigenvalue weighted by Gasteiger charge is -2.10. The van der Waals surface area contributed by atoms with Gasteiger partial charge >= 0.3 is 13.1 Å². The van der Waals surface area contributed by atoms with E-state index in [1.54, 1.807) is 0 Å². The van der Waals surface area contributed by atoms with Gasteiger partial charge in [-0.15, -0.1) is 0 Å². The van der Waals surface area contributed by atoms with Crippen molar-refractivity contribution in [3.63, 3.8) is 0 Å². The van der Waals surface area contributed by atoms with Gasteiger partial charge in [-0.2, -0.15) is 0 Å². The molecule has 0 spiro atoms. The van der Waals surface area contributed by atoms with Crippen molar-refractivity contribution < 1.29 is 24.3 Å². The van der Waals surface area contributed by atoms with Gasteiger partial charge in [0, 0.05) is 10.5 Å². The van der Waals surface area contributed by atoms with E-state index < -0.39 is 13.1 Å². The minimum atomic E-state index is -1.73. The van der Waals surface area contributed by atoms with E-state index >= 15 is 0 Å². The molecule has 0 saturated carbocycles. The number of carbonyl (C=O) groups is 1. The topological polar surface area (TPSA) is 76.0 Å². The summed E-state index contributed by atoms with van der Waals surface area (Å²) in [6.07, 6.45) is 0. The van der Waals surface area contributed by atoms with Gasteiger partial charge in [-0.25, -0.2) is 4.79 Å². The van der Waals surface area contributed by atoms with E-state index in [1.165, 1.54) is 26.4 Å². The van der Waals surface area contributed by atoms with Crippen LogP contribution in [0.2, 0.25) is 5.02 Å². The molecule has 7 heteroatoms. The van der Waals surface area contributed by atoms with E-state index in [0.29, 0.717) is 0 Å². The van der Waals surface area contributed by atoms with Crippen LogP contribution >= 0.6 is 11.6 Å². The molecule has 0 fully saturated rings. The summed E-state index contributed by atoms with van der Waals surface area (Å²) >= 11 is 5.77. The molecule has 86 valence electrons. The predicted octanol–water partition coefficient (Wildman–Crippen LogP) is -0.185. The second-order valence-electron chi connectivity index (χ2n) is 2.94. The van der Waals surface area contributed by atoms with E-state index in [1.807, 2.05) is 0 Å². The van der Waals surface area contributed by atoms with E-state index in [0.717, 1.165) is 0 Å². The van der Waals surface area contributed by atoms with E-state index in [2.05, 4.69) is 4.74 Å². The third kappa shape index (κ3) is 2.47. The number of carbonyl (C=O) groups excluding carboxylic acids is 1. The molecule has 0 atom stereocenters. The lowest BCUT2D eigenvalue weighted by molar-refractivity contribution is 0.0597. The van der Waals surface area contributed by atoms with Gasteiger partial charge in [0.1, 0.15) is 11.3 Å². The van der Waals surface area contributed by atoms with Gasteiger partial charge in [0.05, 0.1) is 14.2 Å². The van der Waals surface area contributed by atoms with Crippen LogP contribution in [0.15, 0.2) is 12.1 Å². The van der Waals surface area contributed by atoms with Crippen LogP contribution in [0.1, 0.15) is 10.4 Å². The summed E-state index contributed by atoms with van der Waals surface area (Å²) in [5.74, 6) is -0.447. The molecule has 1 aromatic carbocycles. The first-order valence-corrected chi connectivity index (χ1v) is 4.71. The molecule has 1 rings (SSSR count). The number of esters is 1. The maximum absolute atomic E-state index is 11.3. The Morgan fingerprint density at radius 2 is 2.00 bits per heavy atom. The second-order valence-corrected chi connectivity index (χ2v) is 3.35. The Kier molecular flexibility index (Phi) is 4.17. The lowest BCUT2D eigenvalue weighted by Crippen LogP contribution is -2.31. The normalized spacial score (nSPS) is 9.81. The molecule has 1 aromatic rings. The minimum absolute atomic E-state index is 0.0520. The van der Waals surface area contributed by atoms with Gasteiger partial charge in [0.2, 0.25) is 0 Å². The van der Waals surface area contributed by atoms with E-state index in [4.69, 9.17) is 26.4 Å². The highest BCUT2D eigenvalue weighted by atomic mass is 35.5. The Balaban J connectivity index is 3.32. The molecule has 5 nitrogen and oxygen atoms in total. The van der Waals surface area contributed by atoms with Crippen molar-refractivity contribution in [2.45, 2.75) is 0 Å². The number of rotatable bonds is 3. The number of hydrogen-bond acceptors (Lipinski definition) is 5. The van der Waals surface area contributed by atoms with Gasteiger partial charge in [0.15, 0.2) is 0 Å². The zero-order valence-corrected chi connectivity index (χ0v) is 9.49. The average Bonchev–Trinajstić information content (AvgIpc) is 2.27. The molecular formula is C9H10BClO5. The van der Waals surface area contributed by atoms with Crippen molar-refractivity contribution in [3.8, 4) is 5.75 Å². The molecule has 0 bridgehead atoms. The zero-order chi connectivity index (χ0) is 12.3. The van der Waals surface area contributed by atoms with Crippen LogP contribution in [-0.2, 0) is 4.74 Å². The first kappa shape index (κ1) is 12.8. The van der Waals surface area contributed by atoms with Crippen LogP contribution in [0.3, 0.4) is 0 Å². The van der Waals surface area contributed by atoms with E-state index in [-0.39, 0.29) is 21.8 Å². The summed E-state index contributed by atoms with van der Waals surface area (Å²) in [7, 11) is 0.848. The van der Waals surface area contributed by atoms with Crippen LogP contribution in [0.4, 0.5) is 0 Å². The summed E-state index contributed by atoms with van der Waals surface area (Å²) < 4.78 is 9.46. The highest BCUT2D eigenvalue weighted by Gasteiger charge is 2.21. The summed E-state index contributed by atoms with van der Waals surface area (Å²) in [6.45, 7) is 0. The summed E-state index contributed by atoms with van der Waals surface area (Å²) in [5, 5.41) is 18.1. The summed E-state index contributed by atoms with van der Waals surface area (Å²) in [6, 6.07) is 2.54. The molecular weight excluding hydrogens is 234 g/mol. The van der Waals surface area contributed by atoms with Crippen molar-refractivity contribution in [2.75, 3.05) is 14.2 Å². The number of benzene rings is 1. The van der Waals surface area contributed by atoms with Crippen molar-refractivity contribution >= 4 is 30.2 Å². The number of ether oxygens (including phenoxy) is 2. The fraction of sp³-hybridized carbons (Fsp3) is 0.222. The van der Waals surface area contributed by atoms with Gasteiger partial charge in [-0.3, -0.25) is 0 Å². The van der Waals surface area contributed by atoms with Crippen molar-refractivity contribution in [2.24, 2.45) is 0 Å². The SMILES string of the molecule is COC(=O)c1cc(Cl)c(B(O)O)cc1OC. The highest BCUT2D eigenvalue weighted by Crippen LogP contribution is 2.22. The quantitative estimate of drug-likeness (QED) is 0.570. The van der Waals surface area contributed by atoms with Crippen LogP contribution in [0, 0.1) is 0 Å². The molecule has 0 amide bonds. The van der Waals surface area contributed by atoms with Crippen LogP contribution in [-0.4, -0.2) is 37.4 Å². The number of methoxy groups -OCH3 is 2. The van der Waals surface area contributed by atoms with Crippen LogP contribution < -0.4 is 10.2 Å². The first-order valence-electron chi connectivity index (χ1n) is 4.33. The smallest absolute Gasteiger partial charge is 0.490 e. The minimum Gasteiger partial charge on any atom is -0.496 e.